The fraction of sp³-hybridized carbons (Fsp3) is 0.389. The van der Waals surface area contributed by atoms with Gasteiger partial charge >= 0.3 is 6.18 Å². The molecule has 2 atom stereocenters. The predicted molar refractivity (Wildman–Crippen MR) is 85.0 cm³/mol. The van der Waals surface area contributed by atoms with Crippen LogP contribution in [0.1, 0.15) is 35.9 Å². The number of furan rings is 1. The summed E-state index contributed by atoms with van der Waals surface area (Å²) in [5, 5.41) is 2.80. The number of amides is 1. The monoisotopic (exact) mass is 353 g/mol. The van der Waals surface area contributed by atoms with Gasteiger partial charge in [-0.1, -0.05) is 12.1 Å². The van der Waals surface area contributed by atoms with E-state index in [2.05, 4.69) is 5.32 Å². The molecule has 7 heteroatoms. The van der Waals surface area contributed by atoms with Crippen molar-refractivity contribution in [1.82, 2.24) is 5.32 Å². The Morgan fingerprint density at radius 3 is 2.76 bits per heavy atom. The average molecular weight is 353 g/mol. The standard InChI is InChI=1S/C18H18F3NO3/c1-11(14-6-3-9-24-14)22-17(23)16-8-7-15(25-16)12-4-2-5-13(10-12)18(19,20)21/h2,4-5,7-8,10-11,14H,3,6,9H2,1H3,(H,22,23). The van der Waals surface area contributed by atoms with Crippen molar-refractivity contribution in [3.63, 3.8) is 0 Å². The molecule has 25 heavy (non-hydrogen) atoms. The third-order valence-corrected chi connectivity index (χ3v) is 4.19. The van der Waals surface area contributed by atoms with Crippen LogP contribution in [0.15, 0.2) is 40.8 Å². The summed E-state index contributed by atoms with van der Waals surface area (Å²) in [5.41, 5.74) is -0.500. The van der Waals surface area contributed by atoms with Gasteiger partial charge in [0.2, 0.25) is 0 Å². The van der Waals surface area contributed by atoms with Gasteiger partial charge in [-0.3, -0.25) is 4.79 Å². The summed E-state index contributed by atoms with van der Waals surface area (Å²) in [6.45, 7) is 2.54. The maximum atomic E-state index is 12.8. The summed E-state index contributed by atoms with van der Waals surface area (Å²) in [6.07, 6.45) is -2.61. The number of carbonyl (C=O) groups excluding carboxylic acids is 1. The lowest BCUT2D eigenvalue weighted by atomic mass is 10.1. The van der Waals surface area contributed by atoms with Crippen LogP contribution in [0.2, 0.25) is 0 Å². The Hall–Kier alpha value is -2.28. The second kappa shape index (κ2) is 6.92. The SMILES string of the molecule is CC(NC(=O)c1ccc(-c2cccc(C(F)(F)F)c2)o1)C1CCCO1. The summed E-state index contributed by atoms with van der Waals surface area (Å²) in [4.78, 5) is 12.2. The van der Waals surface area contributed by atoms with Crippen molar-refractivity contribution in [2.75, 3.05) is 6.61 Å². The zero-order valence-corrected chi connectivity index (χ0v) is 13.6. The van der Waals surface area contributed by atoms with Crippen molar-refractivity contribution < 1.29 is 27.1 Å². The third-order valence-electron chi connectivity index (χ3n) is 4.19. The molecule has 3 rings (SSSR count). The summed E-state index contributed by atoms with van der Waals surface area (Å²) in [5.74, 6) is -0.153. The molecule has 0 radical (unpaired) electrons. The van der Waals surface area contributed by atoms with Crippen molar-refractivity contribution in [3.05, 3.63) is 47.7 Å². The first-order valence-corrected chi connectivity index (χ1v) is 8.04. The molecule has 1 aromatic heterocycles. The first kappa shape index (κ1) is 17.5. The molecule has 1 aromatic carbocycles. The fourth-order valence-electron chi connectivity index (χ4n) is 2.83. The Balaban J connectivity index is 1.72. The number of nitrogens with one attached hydrogen (secondary N) is 1. The van der Waals surface area contributed by atoms with Crippen molar-refractivity contribution in [2.45, 2.75) is 38.1 Å². The van der Waals surface area contributed by atoms with Crippen LogP contribution in [-0.4, -0.2) is 24.7 Å². The Kier molecular flexibility index (Phi) is 4.85. The van der Waals surface area contributed by atoms with E-state index in [0.29, 0.717) is 6.61 Å². The van der Waals surface area contributed by atoms with Gasteiger partial charge in [0.25, 0.3) is 5.91 Å². The molecule has 1 saturated heterocycles. The van der Waals surface area contributed by atoms with E-state index in [1.807, 2.05) is 6.92 Å². The van der Waals surface area contributed by atoms with Gasteiger partial charge in [-0.25, -0.2) is 0 Å². The van der Waals surface area contributed by atoms with E-state index >= 15 is 0 Å². The van der Waals surface area contributed by atoms with Gasteiger partial charge in [0.15, 0.2) is 5.76 Å². The lowest BCUT2D eigenvalue weighted by Crippen LogP contribution is -2.40. The summed E-state index contributed by atoms with van der Waals surface area (Å²) >= 11 is 0. The number of hydrogen-bond acceptors (Lipinski definition) is 3. The van der Waals surface area contributed by atoms with Gasteiger partial charge in [0.05, 0.1) is 17.7 Å². The lowest BCUT2D eigenvalue weighted by Gasteiger charge is -2.19. The van der Waals surface area contributed by atoms with E-state index in [1.165, 1.54) is 24.3 Å². The molecule has 1 aliphatic heterocycles. The Morgan fingerprint density at radius 1 is 1.28 bits per heavy atom. The molecule has 1 fully saturated rings. The van der Waals surface area contributed by atoms with E-state index in [9.17, 15) is 18.0 Å². The Morgan fingerprint density at radius 2 is 2.08 bits per heavy atom. The number of halogens is 3. The second-order valence-corrected chi connectivity index (χ2v) is 6.06. The van der Waals surface area contributed by atoms with Crippen molar-refractivity contribution in [3.8, 4) is 11.3 Å². The van der Waals surface area contributed by atoms with Gasteiger partial charge in [-0.2, -0.15) is 13.2 Å². The molecule has 1 N–H and O–H groups in total. The molecule has 1 aliphatic rings. The molecule has 1 amide bonds. The van der Waals surface area contributed by atoms with Gasteiger partial charge in [0.1, 0.15) is 5.76 Å². The minimum absolute atomic E-state index is 0.0261. The van der Waals surface area contributed by atoms with Crippen molar-refractivity contribution in [1.29, 1.82) is 0 Å². The van der Waals surface area contributed by atoms with Gasteiger partial charge < -0.3 is 14.5 Å². The van der Waals surface area contributed by atoms with Crippen LogP contribution in [-0.2, 0) is 10.9 Å². The summed E-state index contributed by atoms with van der Waals surface area (Å²) in [6, 6.07) is 7.56. The van der Waals surface area contributed by atoms with Crippen LogP contribution in [0, 0.1) is 0 Å². The zero-order valence-electron chi connectivity index (χ0n) is 13.6. The molecule has 0 saturated carbocycles. The van der Waals surface area contributed by atoms with Crippen LogP contribution in [0.25, 0.3) is 11.3 Å². The highest BCUT2D eigenvalue weighted by atomic mass is 19.4. The van der Waals surface area contributed by atoms with E-state index in [4.69, 9.17) is 9.15 Å². The Labute approximate surface area is 143 Å². The first-order valence-electron chi connectivity index (χ1n) is 8.04. The minimum atomic E-state index is -4.43. The van der Waals surface area contributed by atoms with Crippen LogP contribution in [0.5, 0.6) is 0 Å². The number of carbonyl (C=O) groups is 1. The second-order valence-electron chi connectivity index (χ2n) is 6.06. The van der Waals surface area contributed by atoms with Crippen LogP contribution < -0.4 is 5.32 Å². The van der Waals surface area contributed by atoms with E-state index < -0.39 is 17.6 Å². The highest BCUT2D eigenvalue weighted by Crippen LogP contribution is 2.32. The Bertz CT molecular complexity index is 748. The first-order chi connectivity index (χ1) is 11.8. The highest BCUT2D eigenvalue weighted by molar-refractivity contribution is 5.92. The molecule has 2 aromatic rings. The topological polar surface area (TPSA) is 51.5 Å². The highest BCUT2D eigenvalue weighted by Gasteiger charge is 2.31. The smallest absolute Gasteiger partial charge is 0.416 e. The van der Waals surface area contributed by atoms with Crippen LogP contribution in [0.4, 0.5) is 13.2 Å². The lowest BCUT2D eigenvalue weighted by molar-refractivity contribution is -0.137. The number of hydrogen-bond donors (Lipinski definition) is 1. The van der Waals surface area contributed by atoms with Gasteiger partial charge in [-0.15, -0.1) is 0 Å². The molecule has 134 valence electrons. The molecular weight excluding hydrogens is 335 g/mol. The zero-order chi connectivity index (χ0) is 18.0. The third kappa shape index (κ3) is 4.04. The molecule has 0 aliphatic carbocycles. The van der Waals surface area contributed by atoms with E-state index in [0.717, 1.165) is 25.0 Å². The van der Waals surface area contributed by atoms with E-state index in [-0.39, 0.29) is 29.2 Å². The quantitative estimate of drug-likeness (QED) is 0.893. The molecule has 4 nitrogen and oxygen atoms in total. The van der Waals surface area contributed by atoms with Gasteiger partial charge in [0, 0.05) is 12.2 Å². The number of rotatable bonds is 4. The molecule has 0 bridgehead atoms. The summed E-state index contributed by atoms with van der Waals surface area (Å²) < 4.78 is 49.4. The number of ether oxygens (including phenoxy) is 1. The summed E-state index contributed by atoms with van der Waals surface area (Å²) in [7, 11) is 0. The number of alkyl halides is 3. The van der Waals surface area contributed by atoms with Crippen molar-refractivity contribution in [2.24, 2.45) is 0 Å². The molecule has 2 heterocycles. The molecular formula is C18H18F3NO3. The average Bonchev–Trinajstić information content (AvgIpc) is 3.26. The van der Waals surface area contributed by atoms with Crippen LogP contribution in [0.3, 0.4) is 0 Å². The predicted octanol–water partition coefficient (Wildman–Crippen LogP) is 4.26. The van der Waals surface area contributed by atoms with Crippen molar-refractivity contribution >= 4 is 5.91 Å². The van der Waals surface area contributed by atoms with Gasteiger partial charge in [-0.05, 0) is 44.0 Å². The molecule has 2 unspecified atom stereocenters. The fourth-order valence-corrected chi connectivity index (χ4v) is 2.83. The normalized spacial score (nSPS) is 19.0. The number of benzene rings is 1. The molecule has 0 spiro atoms. The maximum Gasteiger partial charge on any atom is 0.416 e. The van der Waals surface area contributed by atoms with Crippen LogP contribution >= 0.6 is 0 Å². The largest absolute Gasteiger partial charge is 0.451 e. The maximum absolute atomic E-state index is 12.8. The van der Waals surface area contributed by atoms with E-state index in [1.54, 1.807) is 0 Å². The minimum Gasteiger partial charge on any atom is -0.451 e.